The molecular formula is C27H42BrN3O4S. The first kappa shape index (κ1) is 29.2. The number of thioether (sulfide) groups is 1. The Hall–Kier alpha value is -1.32. The number of rotatable bonds is 12. The second kappa shape index (κ2) is 11.6. The fourth-order valence-corrected chi connectivity index (χ4v) is 10.1. The molecule has 0 radical (unpaired) electrons. The predicted molar refractivity (Wildman–Crippen MR) is 149 cm³/mol. The van der Waals surface area contributed by atoms with Gasteiger partial charge in [0.1, 0.15) is 6.04 Å². The summed E-state index contributed by atoms with van der Waals surface area (Å²) in [4.78, 5) is 47.5. The van der Waals surface area contributed by atoms with Crippen molar-refractivity contribution in [3.63, 3.8) is 0 Å². The van der Waals surface area contributed by atoms with Gasteiger partial charge in [0.25, 0.3) is 0 Å². The van der Waals surface area contributed by atoms with E-state index < -0.39 is 28.7 Å². The minimum atomic E-state index is -0.744. The molecule has 3 aliphatic rings. The minimum Gasteiger partial charge on any atom is -0.394 e. The summed E-state index contributed by atoms with van der Waals surface area (Å²) >= 11 is 5.45. The molecule has 4 unspecified atom stereocenters. The highest BCUT2D eigenvalue weighted by atomic mass is 79.9. The van der Waals surface area contributed by atoms with E-state index in [-0.39, 0.29) is 46.4 Å². The summed E-state index contributed by atoms with van der Waals surface area (Å²) in [6, 6.07) is -1.26. The molecule has 8 atom stereocenters. The van der Waals surface area contributed by atoms with Crippen molar-refractivity contribution in [2.45, 2.75) is 79.9 Å². The number of amides is 3. The maximum atomic E-state index is 14.5. The zero-order chi connectivity index (χ0) is 26.9. The number of nitrogens with zero attached hydrogens (tertiary/aromatic N) is 3. The number of aliphatic hydroxyl groups is 1. The van der Waals surface area contributed by atoms with Crippen molar-refractivity contribution in [3.8, 4) is 0 Å². The van der Waals surface area contributed by atoms with Gasteiger partial charge in [0.2, 0.25) is 17.7 Å². The molecule has 3 aliphatic heterocycles. The van der Waals surface area contributed by atoms with Crippen LogP contribution in [0.2, 0.25) is 0 Å². The Morgan fingerprint density at radius 3 is 2.42 bits per heavy atom. The Bertz CT molecular complexity index is 885. The van der Waals surface area contributed by atoms with Crippen molar-refractivity contribution in [3.05, 3.63) is 25.3 Å². The van der Waals surface area contributed by atoms with Gasteiger partial charge in [-0.1, -0.05) is 55.3 Å². The molecule has 0 aromatic carbocycles. The molecule has 3 saturated heterocycles. The lowest BCUT2D eigenvalue weighted by Crippen LogP contribution is -2.60. The van der Waals surface area contributed by atoms with E-state index in [0.29, 0.717) is 19.5 Å². The zero-order valence-electron chi connectivity index (χ0n) is 22.2. The summed E-state index contributed by atoms with van der Waals surface area (Å²) in [6.45, 7) is 16.2. The second-order valence-corrected chi connectivity index (χ2v) is 13.5. The fraction of sp³-hybridized carbons (Fsp3) is 0.741. The third-order valence-electron chi connectivity index (χ3n) is 8.19. The Labute approximate surface area is 228 Å². The molecule has 202 valence electrons. The van der Waals surface area contributed by atoms with E-state index in [1.807, 2.05) is 25.7 Å². The van der Waals surface area contributed by atoms with Crippen LogP contribution in [0.1, 0.15) is 47.0 Å². The molecule has 3 rings (SSSR count). The van der Waals surface area contributed by atoms with Gasteiger partial charge in [-0.05, 0) is 25.7 Å². The Morgan fingerprint density at radius 1 is 1.25 bits per heavy atom. The summed E-state index contributed by atoms with van der Waals surface area (Å²) < 4.78 is -0.726. The van der Waals surface area contributed by atoms with E-state index in [0.717, 1.165) is 12.8 Å². The van der Waals surface area contributed by atoms with Gasteiger partial charge >= 0.3 is 0 Å². The lowest BCUT2D eigenvalue weighted by Gasteiger charge is -2.42. The van der Waals surface area contributed by atoms with Crippen molar-refractivity contribution in [2.75, 3.05) is 26.7 Å². The average Bonchev–Trinajstić information content (AvgIpc) is 3.41. The lowest BCUT2D eigenvalue weighted by molar-refractivity contribution is -0.148. The summed E-state index contributed by atoms with van der Waals surface area (Å²) in [7, 11) is 1.74. The minimum absolute atomic E-state index is 0.0143. The Morgan fingerprint density at radius 2 is 1.89 bits per heavy atom. The molecule has 0 aromatic heterocycles. The standard InChI is InChI=1S/C27H42BrN3O4S/c1-8-11-17(6)30(13-10-3)26(35)23-27-14-18(28)22(36-27)20(24(33)29(7)12-9-2)21(27)25(34)31(23)19(15-32)16(4)5/h9-10,16-23,32H,2-3,8,11-15H2,1,4-7H3/t17?,18?,19-,20+,21-,22+,23?,27?/m0/s1. The lowest BCUT2D eigenvalue weighted by atomic mass is 9.70. The highest BCUT2D eigenvalue weighted by Crippen LogP contribution is 2.68. The maximum absolute atomic E-state index is 14.5. The van der Waals surface area contributed by atoms with Crippen molar-refractivity contribution >= 4 is 45.4 Å². The molecule has 9 heteroatoms. The van der Waals surface area contributed by atoms with Gasteiger partial charge in [0, 0.05) is 36.3 Å². The van der Waals surface area contributed by atoms with Gasteiger partial charge in [-0.15, -0.1) is 24.9 Å². The third-order valence-corrected chi connectivity index (χ3v) is 11.4. The first-order valence-electron chi connectivity index (χ1n) is 13.0. The van der Waals surface area contributed by atoms with Gasteiger partial charge in [-0.25, -0.2) is 0 Å². The number of hydrogen-bond acceptors (Lipinski definition) is 5. The van der Waals surface area contributed by atoms with Crippen LogP contribution in [-0.4, -0.2) is 97.2 Å². The highest BCUT2D eigenvalue weighted by molar-refractivity contribution is 9.09. The summed E-state index contributed by atoms with van der Waals surface area (Å²) in [5, 5.41) is 10.3. The first-order valence-corrected chi connectivity index (χ1v) is 14.8. The molecule has 3 heterocycles. The fourth-order valence-electron chi connectivity index (χ4n) is 6.50. The molecule has 36 heavy (non-hydrogen) atoms. The number of carbonyl (C=O) groups is 3. The molecule has 0 aromatic rings. The summed E-state index contributed by atoms with van der Waals surface area (Å²) in [5.74, 6) is -1.55. The molecule has 0 aliphatic carbocycles. The predicted octanol–water partition coefficient (Wildman–Crippen LogP) is 3.32. The van der Waals surface area contributed by atoms with Crippen molar-refractivity contribution in [1.29, 1.82) is 0 Å². The van der Waals surface area contributed by atoms with Crippen LogP contribution in [-0.2, 0) is 14.4 Å². The number of alkyl halides is 1. The Balaban J connectivity index is 2.15. The van der Waals surface area contributed by atoms with Crippen molar-refractivity contribution in [2.24, 2.45) is 17.8 Å². The zero-order valence-corrected chi connectivity index (χ0v) is 24.6. The van der Waals surface area contributed by atoms with Crippen LogP contribution in [0.3, 0.4) is 0 Å². The number of fused-ring (bicyclic) bond motifs is 1. The molecule has 3 amide bonds. The van der Waals surface area contributed by atoms with Crippen LogP contribution in [0.25, 0.3) is 0 Å². The molecular weight excluding hydrogens is 542 g/mol. The van der Waals surface area contributed by atoms with E-state index in [2.05, 4.69) is 36.0 Å². The van der Waals surface area contributed by atoms with Crippen LogP contribution in [0.15, 0.2) is 25.3 Å². The number of carbonyl (C=O) groups excluding carboxylic acids is 3. The van der Waals surface area contributed by atoms with Crippen LogP contribution in [0, 0.1) is 17.8 Å². The number of hydrogen-bond donors (Lipinski definition) is 1. The number of aliphatic hydroxyl groups excluding tert-OH is 1. The van der Waals surface area contributed by atoms with Gasteiger partial charge in [0.15, 0.2) is 0 Å². The van der Waals surface area contributed by atoms with Crippen LogP contribution in [0.4, 0.5) is 0 Å². The molecule has 1 N–H and O–H groups in total. The third kappa shape index (κ3) is 4.68. The van der Waals surface area contributed by atoms with Gasteiger partial charge in [0.05, 0.1) is 29.2 Å². The van der Waals surface area contributed by atoms with Gasteiger partial charge in [-0.2, -0.15) is 0 Å². The summed E-state index contributed by atoms with van der Waals surface area (Å²) in [6.07, 6.45) is 5.81. The quantitative estimate of drug-likeness (QED) is 0.281. The van der Waals surface area contributed by atoms with Crippen LogP contribution >= 0.6 is 27.7 Å². The molecule has 3 fully saturated rings. The largest absolute Gasteiger partial charge is 0.394 e. The van der Waals surface area contributed by atoms with Gasteiger partial charge in [-0.3, -0.25) is 14.4 Å². The summed E-state index contributed by atoms with van der Waals surface area (Å²) in [5.41, 5.74) is 0. The number of halogens is 1. The van der Waals surface area contributed by atoms with E-state index in [1.54, 1.807) is 40.8 Å². The van der Waals surface area contributed by atoms with Crippen molar-refractivity contribution in [1.82, 2.24) is 14.7 Å². The van der Waals surface area contributed by atoms with E-state index >= 15 is 0 Å². The molecule has 7 nitrogen and oxygen atoms in total. The first-order chi connectivity index (χ1) is 17.0. The smallest absolute Gasteiger partial charge is 0.247 e. The second-order valence-electron chi connectivity index (χ2n) is 10.8. The number of likely N-dealkylation sites (tertiary alicyclic amines) is 1. The normalized spacial score (nSPS) is 32.4. The SMILES string of the molecule is C=CCN(C)C(=O)[C@H]1[C@@H]2SC3(CC2Br)C(C(=O)N(CC=C)C(C)CCC)N([C@@H](CO)C(C)C)C(=O)[C@H]13. The Kier molecular flexibility index (Phi) is 9.42. The maximum Gasteiger partial charge on any atom is 0.247 e. The topological polar surface area (TPSA) is 81.2 Å². The monoisotopic (exact) mass is 583 g/mol. The van der Waals surface area contributed by atoms with Crippen LogP contribution < -0.4 is 0 Å². The van der Waals surface area contributed by atoms with Gasteiger partial charge < -0.3 is 19.8 Å². The number of likely N-dealkylation sites (N-methyl/N-ethyl adjacent to an activating group) is 1. The van der Waals surface area contributed by atoms with Crippen molar-refractivity contribution < 1.29 is 19.5 Å². The highest BCUT2D eigenvalue weighted by Gasteiger charge is 2.76. The molecule has 1 spiro atoms. The van der Waals surface area contributed by atoms with E-state index in [9.17, 15) is 19.5 Å². The molecule has 2 bridgehead atoms. The van der Waals surface area contributed by atoms with Crippen LogP contribution in [0.5, 0.6) is 0 Å². The van der Waals surface area contributed by atoms with E-state index in [4.69, 9.17) is 0 Å². The molecule has 0 saturated carbocycles. The van der Waals surface area contributed by atoms with E-state index in [1.165, 1.54) is 0 Å². The average molecular weight is 585 g/mol.